The van der Waals surface area contributed by atoms with E-state index in [-0.39, 0.29) is 0 Å². The van der Waals surface area contributed by atoms with Crippen molar-refractivity contribution in [2.45, 2.75) is 12.8 Å². The highest BCUT2D eigenvalue weighted by Crippen LogP contribution is 2.42. The van der Waals surface area contributed by atoms with Gasteiger partial charge < -0.3 is 4.42 Å². The second-order valence-corrected chi connectivity index (χ2v) is 11.9. The van der Waals surface area contributed by atoms with Crippen LogP contribution in [0.3, 0.4) is 0 Å². The van der Waals surface area contributed by atoms with Crippen LogP contribution in [0.5, 0.6) is 0 Å². The van der Waals surface area contributed by atoms with E-state index in [1.54, 1.807) is 0 Å². The lowest BCUT2D eigenvalue weighted by Gasteiger charge is -2.12. The van der Waals surface area contributed by atoms with Crippen molar-refractivity contribution in [1.29, 1.82) is 0 Å². The molecule has 2 aromatic heterocycles. The molecule has 0 bridgehead atoms. The number of nitrogens with zero attached hydrogens (tertiary/aromatic N) is 3. The topological polar surface area (TPSA) is 51.8 Å². The molecular formula is C43H29N3O. The molecule has 0 fully saturated rings. The van der Waals surface area contributed by atoms with Gasteiger partial charge in [-0.3, -0.25) is 0 Å². The molecule has 0 radical (unpaired) electrons. The lowest BCUT2D eigenvalue weighted by molar-refractivity contribution is 0.668. The summed E-state index contributed by atoms with van der Waals surface area (Å²) in [4.78, 5) is 15.3. The maximum Gasteiger partial charge on any atom is 0.164 e. The van der Waals surface area contributed by atoms with Crippen molar-refractivity contribution in [3.8, 4) is 45.3 Å². The van der Waals surface area contributed by atoms with Crippen molar-refractivity contribution < 1.29 is 4.42 Å². The Bertz CT molecular complexity index is 2510. The summed E-state index contributed by atoms with van der Waals surface area (Å²) >= 11 is 0. The van der Waals surface area contributed by atoms with E-state index in [4.69, 9.17) is 19.4 Å². The number of rotatable bonds is 5. The molecule has 47 heavy (non-hydrogen) atoms. The van der Waals surface area contributed by atoms with Crippen LogP contribution in [0.4, 0.5) is 0 Å². The van der Waals surface area contributed by atoms with Crippen molar-refractivity contribution in [2.75, 3.05) is 0 Å². The van der Waals surface area contributed by atoms with Gasteiger partial charge in [-0.15, -0.1) is 0 Å². The number of fused-ring (bicyclic) bond motifs is 4. The quantitative estimate of drug-likeness (QED) is 0.196. The van der Waals surface area contributed by atoms with Gasteiger partial charge in [-0.25, -0.2) is 15.0 Å². The highest BCUT2D eigenvalue weighted by molar-refractivity contribution is 6.17. The van der Waals surface area contributed by atoms with Gasteiger partial charge in [-0.05, 0) is 70.6 Å². The first-order valence-electron chi connectivity index (χ1n) is 16.0. The normalized spacial score (nSPS) is 13.0. The number of furan rings is 1. The molecule has 222 valence electrons. The van der Waals surface area contributed by atoms with E-state index in [0.717, 1.165) is 78.9 Å². The van der Waals surface area contributed by atoms with E-state index >= 15 is 0 Å². The SMILES string of the molecule is C1=CC(c2ccc(-c3nc(-c4ccccc4)nc(-c4cccc(-c5ccccc5)c4)n3)c3c2oc2cc4ccccc4cc23)=CCC1. The van der Waals surface area contributed by atoms with Crippen LogP contribution in [-0.2, 0) is 0 Å². The molecule has 0 amide bonds. The zero-order valence-corrected chi connectivity index (χ0v) is 25.6. The molecule has 0 spiro atoms. The third-order valence-electron chi connectivity index (χ3n) is 8.93. The van der Waals surface area contributed by atoms with Crippen LogP contribution < -0.4 is 0 Å². The van der Waals surface area contributed by atoms with E-state index in [0.29, 0.717) is 17.5 Å². The Morgan fingerprint density at radius 1 is 0.489 bits per heavy atom. The smallest absolute Gasteiger partial charge is 0.164 e. The highest BCUT2D eigenvalue weighted by atomic mass is 16.3. The summed E-state index contributed by atoms with van der Waals surface area (Å²) in [7, 11) is 0. The average molecular weight is 604 g/mol. The van der Waals surface area contributed by atoms with Crippen LogP contribution in [-0.4, -0.2) is 15.0 Å². The Labute approximate surface area is 272 Å². The lowest BCUT2D eigenvalue weighted by atomic mass is 9.94. The van der Waals surface area contributed by atoms with E-state index < -0.39 is 0 Å². The van der Waals surface area contributed by atoms with Gasteiger partial charge in [0.2, 0.25) is 0 Å². The molecule has 6 aromatic carbocycles. The van der Waals surface area contributed by atoms with E-state index in [9.17, 15) is 0 Å². The molecule has 4 nitrogen and oxygen atoms in total. The Morgan fingerprint density at radius 3 is 1.89 bits per heavy atom. The van der Waals surface area contributed by atoms with Gasteiger partial charge in [-0.1, -0.05) is 121 Å². The minimum atomic E-state index is 0.611. The van der Waals surface area contributed by atoms with Crippen molar-refractivity contribution in [1.82, 2.24) is 15.0 Å². The third-order valence-corrected chi connectivity index (χ3v) is 8.93. The molecule has 0 aliphatic heterocycles. The molecule has 0 saturated heterocycles. The molecule has 9 rings (SSSR count). The second kappa shape index (κ2) is 11.3. The Balaban J connectivity index is 1.32. The minimum Gasteiger partial charge on any atom is -0.455 e. The molecule has 2 heterocycles. The van der Waals surface area contributed by atoms with Crippen LogP contribution >= 0.6 is 0 Å². The second-order valence-electron chi connectivity index (χ2n) is 11.9. The van der Waals surface area contributed by atoms with Crippen molar-refractivity contribution in [3.63, 3.8) is 0 Å². The van der Waals surface area contributed by atoms with Crippen LogP contribution in [0.25, 0.3) is 83.6 Å². The Hall–Kier alpha value is -6.13. The monoisotopic (exact) mass is 603 g/mol. The number of hydrogen-bond acceptors (Lipinski definition) is 4. The van der Waals surface area contributed by atoms with Gasteiger partial charge in [0.1, 0.15) is 11.2 Å². The van der Waals surface area contributed by atoms with E-state index in [2.05, 4.69) is 115 Å². The predicted molar refractivity (Wildman–Crippen MR) is 193 cm³/mol. The van der Waals surface area contributed by atoms with Gasteiger partial charge in [0.15, 0.2) is 17.5 Å². The maximum atomic E-state index is 6.76. The zero-order chi connectivity index (χ0) is 31.2. The fourth-order valence-electron chi connectivity index (χ4n) is 6.60. The summed E-state index contributed by atoms with van der Waals surface area (Å²) in [6, 6.07) is 46.0. The van der Waals surface area contributed by atoms with Crippen LogP contribution in [0.1, 0.15) is 18.4 Å². The lowest BCUT2D eigenvalue weighted by Crippen LogP contribution is -2.01. The Morgan fingerprint density at radius 2 is 1.13 bits per heavy atom. The van der Waals surface area contributed by atoms with Crippen LogP contribution in [0.15, 0.2) is 156 Å². The molecule has 0 unspecified atom stereocenters. The number of aromatic nitrogens is 3. The first kappa shape index (κ1) is 27.2. The molecular weight excluding hydrogens is 574 g/mol. The van der Waals surface area contributed by atoms with Gasteiger partial charge in [0.25, 0.3) is 0 Å². The summed E-state index contributed by atoms with van der Waals surface area (Å²) in [6.07, 6.45) is 8.80. The molecule has 4 heteroatoms. The van der Waals surface area contributed by atoms with Crippen LogP contribution in [0.2, 0.25) is 0 Å². The van der Waals surface area contributed by atoms with E-state index in [1.165, 1.54) is 5.57 Å². The van der Waals surface area contributed by atoms with Crippen molar-refractivity contribution in [3.05, 3.63) is 157 Å². The summed E-state index contributed by atoms with van der Waals surface area (Å²) in [5.41, 5.74) is 8.99. The molecule has 0 N–H and O–H groups in total. The fraction of sp³-hybridized carbons (Fsp3) is 0.0465. The first-order chi connectivity index (χ1) is 23.3. The van der Waals surface area contributed by atoms with Crippen molar-refractivity contribution in [2.24, 2.45) is 0 Å². The standard InChI is InChI=1S/C43H29N3O/c1-4-13-28(14-5-1)31-21-12-22-34(25-31)42-44-41(30-17-8-3-9-18-30)45-43(46-42)36-24-23-35(29-15-6-2-7-16-29)40-39(36)37-26-32-19-10-11-20-33(32)27-38(37)47-40/h1,3-6,8-27H,2,7H2. The van der Waals surface area contributed by atoms with Crippen LogP contribution in [0, 0.1) is 0 Å². The van der Waals surface area contributed by atoms with Crippen molar-refractivity contribution >= 4 is 38.3 Å². The predicted octanol–water partition coefficient (Wildman–Crippen LogP) is 11.3. The number of benzene rings is 6. The van der Waals surface area contributed by atoms with E-state index in [1.807, 2.05) is 36.4 Å². The molecule has 8 aromatic rings. The zero-order valence-electron chi connectivity index (χ0n) is 25.6. The molecule has 1 aliphatic rings. The first-order valence-corrected chi connectivity index (χ1v) is 16.0. The summed E-state index contributed by atoms with van der Waals surface area (Å²) in [5, 5.41) is 4.36. The fourth-order valence-corrected chi connectivity index (χ4v) is 6.60. The molecule has 0 atom stereocenters. The van der Waals surface area contributed by atoms with Gasteiger partial charge in [-0.2, -0.15) is 0 Å². The average Bonchev–Trinajstić information content (AvgIpc) is 3.52. The number of allylic oxidation sites excluding steroid dienone is 4. The third kappa shape index (κ3) is 4.91. The largest absolute Gasteiger partial charge is 0.455 e. The highest BCUT2D eigenvalue weighted by Gasteiger charge is 2.22. The molecule has 1 aliphatic carbocycles. The minimum absolute atomic E-state index is 0.611. The summed E-state index contributed by atoms with van der Waals surface area (Å²) in [5.74, 6) is 1.86. The number of hydrogen-bond donors (Lipinski definition) is 0. The van der Waals surface area contributed by atoms with Gasteiger partial charge >= 0.3 is 0 Å². The maximum absolute atomic E-state index is 6.76. The molecule has 0 saturated carbocycles. The van der Waals surface area contributed by atoms with Gasteiger partial charge in [0.05, 0.1) is 0 Å². The summed E-state index contributed by atoms with van der Waals surface area (Å²) < 4.78 is 6.76. The van der Waals surface area contributed by atoms with Gasteiger partial charge in [0, 0.05) is 33.0 Å². The Kier molecular flexibility index (Phi) is 6.57. The summed E-state index contributed by atoms with van der Waals surface area (Å²) in [6.45, 7) is 0.